The molecule has 4 rings (SSSR count). The second-order valence-electron chi connectivity index (χ2n) is 6.91. The van der Waals surface area contributed by atoms with Crippen molar-refractivity contribution in [2.75, 3.05) is 5.73 Å². The molecule has 5 nitrogen and oxygen atoms in total. The van der Waals surface area contributed by atoms with Crippen LogP contribution in [-0.4, -0.2) is 4.98 Å². The van der Waals surface area contributed by atoms with Gasteiger partial charge in [0.1, 0.15) is 29.8 Å². The molecule has 3 aromatic carbocycles. The van der Waals surface area contributed by atoms with Gasteiger partial charge in [0.25, 0.3) is 0 Å². The van der Waals surface area contributed by atoms with Gasteiger partial charge in [0.15, 0.2) is 0 Å². The fourth-order valence-electron chi connectivity index (χ4n) is 3.25. The van der Waals surface area contributed by atoms with Crippen LogP contribution in [0.3, 0.4) is 0 Å². The van der Waals surface area contributed by atoms with E-state index in [1.54, 1.807) is 12.1 Å². The number of hydrogen-bond acceptors (Lipinski definition) is 5. The molecule has 0 atom stereocenters. The number of ether oxygens (including phenoxy) is 1. The van der Waals surface area contributed by atoms with E-state index in [0.717, 1.165) is 22.4 Å². The zero-order valence-corrected chi connectivity index (χ0v) is 16.6. The second kappa shape index (κ2) is 8.82. The minimum Gasteiger partial charge on any atom is -0.489 e. The van der Waals surface area contributed by atoms with E-state index in [9.17, 15) is 5.26 Å². The van der Waals surface area contributed by atoms with Crippen molar-refractivity contribution in [3.05, 3.63) is 102 Å². The van der Waals surface area contributed by atoms with Gasteiger partial charge >= 0.3 is 0 Å². The number of nitriles is 2. The van der Waals surface area contributed by atoms with Gasteiger partial charge in [-0.2, -0.15) is 10.5 Å². The Labute approximate surface area is 180 Å². The number of nitrogens with zero attached hydrogens (tertiary/aromatic N) is 3. The van der Waals surface area contributed by atoms with Crippen LogP contribution in [-0.2, 0) is 6.61 Å². The van der Waals surface area contributed by atoms with Crippen molar-refractivity contribution < 1.29 is 4.74 Å². The van der Waals surface area contributed by atoms with Crippen molar-refractivity contribution in [2.24, 2.45) is 0 Å². The zero-order valence-electron chi connectivity index (χ0n) is 16.6. The summed E-state index contributed by atoms with van der Waals surface area (Å²) in [5.74, 6) is 0.907. The minimum absolute atomic E-state index is 0.170. The Morgan fingerprint density at radius 2 is 1.48 bits per heavy atom. The molecular weight excluding hydrogens is 384 g/mol. The van der Waals surface area contributed by atoms with E-state index < -0.39 is 0 Å². The monoisotopic (exact) mass is 402 g/mol. The molecule has 31 heavy (non-hydrogen) atoms. The van der Waals surface area contributed by atoms with Gasteiger partial charge in [-0.15, -0.1) is 0 Å². The van der Waals surface area contributed by atoms with Crippen molar-refractivity contribution in [3.63, 3.8) is 0 Å². The molecule has 148 valence electrons. The highest BCUT2D eigenvalue weighted by atomic mass is 16.5. The molecule has 0 fully saturated rings. The summed E-state index contributed by atoms with van der Waals surface area (Å²) in [6.07, 6.45) is 0. The Morgan fingerprint density at radius 3 is 2.13 bits per heavy atom. The highest BCUT2D eigenvalue weighted by molar-refractivity contribution is 5.80. The molecule has 5 heteroatoms. The van der Waals surface area contributed by atoms with E-state index in [0.29, 0.717) is 29.0 Å². The number of pyridine rings is 1. The molecule has 0 saturated heterocycles. The van der Waals surface area contributed by atoms with Gasteiger partial charge in [-0.3, -0.25) is 0 Å². The maximum Gasteiger partial charge on any atom is 0.142 e. The lowest BCUT2D eigenvalue weighted by atomic mass is 9.98. The number of hydrogen-bond donors (Lipinski definition) is 1. The Kier molecular flexibility index (Phi) is 5.60. The number of anilines is 1. The third kappa shape index (κ3) is 4.37. The number of aromatic nitrogens is 1. The fraction of sp³-hybridized carbons (Fsp3) is 0.0385. The first-order valence-electron chi connectivity index (χ1n) is 9.66. The van der Waals surface area contributed by atoms with E-state index in [1.165, 1.54) is 0 Å². The molecule has 0 amide bonds. The van der Waals surface area contributed by atoms with Crippen LogP contribution in [0, 0.1) is 22.7 Å². The standard InChI is InChI=1S/C26H18N4O/c27-15-18-6-8-21(9-7-18)25-14-23(24(16-28)26(29)30-25)20-10-12-22(13-11-20)31-17-19-4-2-1-3-5-19/h1-14H,17H2,(H2,29,30). The lowest BCUT2D eigenvalue weighted by molar-refractivity contribution is 0.306. The van der Waals surface area contributed by atoms with Crippen molar-refractivity contribution in [1.29, 1.82) is 10.5 Å². The molecule has 0 bridgehead atoms. The molecule has 0 radical (unpaired) electrons. The highest BCUT2D eigenvalue weighted by Crippen LogP contribution is 2.32. The lowest BCUT2D eigenvalue weighted by Crippen LogP contribution is -2.00. The van der Waals surface area contributed by atoms with E-state index >= 15 is 0 Å². The Balaban J connectivity index is 1.64. The molecular formula is C26H18N4O. The summed E-state index contributed by atoms with van der Waals surface area (Å²) in [6.45, 7) is 0.481. The van der Waals surface area contributed by atoms with E-state index in [1.807, 2.05) is 72.8 Å². The number of nitrogens with two attached hydrogens (primary N) is 1. The Hall–Kier alpha value is -4.61. The van der Waals surface area contributed by atoms with Gasteiger partial charge in [-0.1, -0.05) is 54.6 Å². The van der Waals surface area contributed by atoms with Crippen molar-refractivity contribution in [3.8, 4) is 40.3 Å². The number of rotatable bonds is 5. The average Bonchev–Trinajstić information content (AvgIpc) is 2.83. The van der Waals surface area contributed by atoms with Crippen LogP contribution in [0.4, 0.5) is 5.82 Å². The molecule has 4 aromatic rings. The lowest BCUT2D eigenvalue weighted by Gasteiger charge is -2.11. The largest absolute Gasteiger partial charge is 0.489 e. The molecule has 1 heterocycles. The predicted octanol–water partition coefficient (Wildman–Crippen LogP) is 5.32. The van der Waals surface area contributed by atoms with Gasteiger partial charge in [0.2, 0.25) is 0 Å². The Bertz CT molecular complexity index is 1280. The second-order valence-corrected chi connectivity index (χ2v) is 6.91. The summed E-state index contributed by atoms with van der Waals surface area (Å²) >= 11 is 0. The predicted molar refractivity (Wildman–Crippen MR) is 120 cm³/mol. The van der Waals surface area contributed by atoms with Gasteiger partial charge in [0.05, 0.1) is 17.3 Å². The van der Waals surface area contributed by atoms with Gasteiger partial charge in [0, 0.05) is 11.1 Å². The smallest absolute Gasteiger partial charge is 0.142 e. The highest BCUT2D eigenvalue weighted by Gasteiger charge is 2.14. The Morgan fingerprint density at radius 1 is 0.806 bits per heavy atom. The van der Waals surface area contributed by atoms with Crippen LogP contribution in [0.2, 0.25) is 0 Å². The molecule has 2 N–H and O–H groups in total. The summed E-state index contributed by atoms with van der Waals surface area (Å²) in [7, 11) is 0. The SMILES string of the molecule is N#Cc1ccc(-c2cc(-c3ccc(OCc4ccccc4)cc3)c(C#N)c(N)n2)cc1. The van der Waals surface area contributed by atoms with Crippen LogP contribution in [0.15, 0.2) is 84.9 Å². The first-order chi connectivity index (χ1) is 15.2. The molecule has 1 aromatic heterocycles. The van der Waals surface area contributed by atoms with Gasteiger partial charge < -0.3 is 10.5 Å². The number of nitrogen functional groups attached to an aromatic ring is 1. The maximum atomic E-state index is 9.62. The van der Waals surface area contributed by atoms with Crippen LogP contribution < -0.4 is 10.5 Å². The molecule has 0 aliphatic rings. The van der Waals surface area contributed by atoms with Crippen molar-refractivity contribution in [1.82, 2.24) is 4.98 Å². The molecule has 0 saturated carbocycles. The van der Waals surface area contributed by atoms with E-state index in [2.05, 4.69) is 17.1 Å². The van der Waals surface area contributed by atoms with Crippen LogP contribution >= 0.6 is 0 Å². The minimum atomic E-state index is 0.170. The summed E-state index contributed by atoms with van der Waals surface area (Å²) in [6, 6.07) is 30.7. The topological polar surface area (TPSA) is 95.7 Å². The first kappa shape index (κ1) is 19.7. The first-order valence-corrected chi connectivity index (χ1v) is 9.66. The van der Waals surface area contributed by atoms with Crippen LogP contribution in [0.5, 0.6) is 5.75 Å². The molecule has 0 aliphatic heterocycles. The fourth-order valence-corrected chi connectivity index (χ4v) is 3.25. The van der Waals surface area contributed by atoms with E-state index in [-0.39, 0.29) is 5.82 Å². The molecule has 0 unspecified atom stereocenters. The average molecular weight is 402 g/mol. The summed E-state index contributed by atoms with van der Waals surface area (Å²) in [5.41, 5.74) is 11.1. The van der Waals surface area contributed by atoms with Gasteiger partial charge in [-0.25, -0.2) is 4.98 Å². The van der Waals surface area contributed by atoms with Gasteiger partial charge in [-0.05, 0) is 41.5 Å². The third-order valence-corrected chi connectivity index (χ3v) is 4.88. The van der Waals surface area contributed by atoms with Crippen molar-refractivity contribution in [2.45, 2.75) is 6.61 Å². The molecule has 0 aliphatic carbocycles. The van der Waals surface area contributed by atoms with Crippen LogP contribution in [0.25, 0.3) is 22.4 Å². The zero-order chi connectivity index (χ0) is 21.6. The third-order valence-electron chi connectivity index (χ3n) is 4.88. The number of benzene rings is 3. The maximum absolute atomic E-state index is 9.62. The van der Waals surface area contributed by atoms with E-state index in [4.69, 9.17) is 15.7 Å². The van der Waals surface area contributed by atoms with Crippen molar-refractivity contribution >= 4 is 5.82 Å². The van der Waals surface area contributed by atoms with Crippen LogP contribution in [0.1, 0.15) is 16.7 Å². The summed E-state index contributed by atoms with van der Waals surface area (Å²) in [4.78, 5) is 4.38. The molecule has 0 spiro atoms. The normalized spacial score (nSPS) is 10.1. The quantitative estimate of drug-likeness (QED) is 0.487. The summed E-state index contributed by atoms with van der Waals surface area (Å²) < 4.78 is 5.85. The summed E-state index contributed by atoms with van der Waals surface area (Å²) in [5, 5.41) is 18.6.